The standard InChI is InChI=1S/2C15H25NO3.C14H23NO3.2C12H19NO2/c2*1-12(2)16-10-14(17)11-19-15-6-4-13(5-7-15)8-9-18-3;1-3-15-10-13(16)11-18-14-6-4-12(5-7-14)8-9-17-2;2*1-10(2)13-8-11(14)9-15-12-6-4-3-5-7-12/h2*4-7,12,14,16-17H,8-11H2,1-3H3;4-7,13,15-16H,3,8-11H2,1-2H3;2*3-7,10-11,13-14H,8-9H2,1-2H3/t14-;;13-;;/m0.0../s1/i2*6D,7D;11D2;11D;8D2. The number of hydrogen-bond acceptors (Lipinski definition) is 18. The van der Waals surface area contributed by atoms with Crippen LogP contribution in [0.5, 0.6) is 28.7 Å². The predicted octanol–water partition coefficient (Wildman–Crippen LogP) is 7.30. The van der Waals surface area contributed by atoms with Gasteiger partial charge in [0.05, 0.1) is 29.4 Å². The Labute approximate surface area is 529 Å². The fourth-order valence-corrected chi connectivity index (χ4v) is 6.37. The number of likely N-dealkylation sites (N-methyl/N-ethyl adjacent to an activating group) is 1. The van der Waals surface area contributed by atoms with Crippen molar-refractivity contribution >= 4 is 0 Å². The molecule has 0 aliphatic heterocycles. The minimum atomic E-state index is -2.13. The number of ether oxygens (including phenoxy) is 8. The fourth-order valence-electron chi connectivity index (χ4n) is 6.37. The number of aliphatic hydroxyl groups is 5. The zero-order valence-corrected chi connectivity index (χ0v) is 53.1. The summed E-state index contributed by atoms with van der Waals surface area (Å²) < 4.78 is 112. The van der Waals surface area contributed by atoms with E-state index in [4.69, 9.17) is 50.2 Å². The molecule has 5 aromatic carbocycles. The van der Waals surface area contributed by atoms with Crippen LogP contribution in [0.1, 0.15) is 91.3 Å². The lowest BCUT2D eigenvalue weighted by Crippen LogP contribution is -2.35. The lowest BCUT2D eigenvalue weighted by Gasteiger charge is -2.15. The van der Waals surface area contributed by atoms with Gasteiger partial charge in [-0.1, -0.05) is 135 Å². The summed E-state index contributed by atoms with van der Waals surface area (Å²) in [4.78, 5) is 0. The number of methoxy groups -OCH3 is 3. The van der Waals surface area contributed by atoms with Gasteiger partial charge in [-0.2, -0.15) is 0 Å². The van der Waals surface area contributed by atoms with Crippen LogP contribution in [-0.4, -0.2) is 194 Å². The number of benzene rings is 5. The summed E-state index contributed by atoms with van der Waals surface area (Å²) in [5.41, 5.74) is 2.84. The number of aliphatic hydroxyl groups excluding tert-OH is 4. The maximum absolute atomic E-state index is 9.79. The van der Waals surface area contributed by atoms with Gasteiger partial charge < -0.3 is 90.0 Å². The monoisotopic (exact) mass is 1210 g/mol. The first kappa shape index (κ1) is 63.6. The van der Waals surface area contributed by atoms with Crippen LogP contribution in [0.2, 0.25) is 0 Å². The Bertz CT molecular complexity index is 2630. The molecule has 10 N–H and O–H groups in total. The van der Waals surface area contributed by atoms with E-state index in [-0.39, 0.29) is 99.4 Å². The van der Waals surface area contributed by atoms with Gasteiger partial charge in [0.25, 0.3) is 0 Å². The van der Waals surface area contributed by atoms with Crippen LogP contribution < -0.4 is 50.3 Å². The Morgan fingerprint density at radius 3 is 1.16 bits per heavy atom. The Morgan fingerprint density at radius 1 is 0.407 bits per heavy atom. The molecule has 86 heavy (non-hydrogen) atoms. The minimum Gasteiger partial charge on any atom is -0.491 e. The summed E-state index contributed by atoms with van der Waals surface area (Å²) in [6, 6.07) is 33.5. The maximum Gasteiger partial charge on any atom is 0.119 e. The number of nitrogens with one attached hydrogen (secondary N) is 5. The number of para-hydroxylation sites is 2. The highest BCUT2D eigenvalue weighted by atomic mass is 16.5. The highest BCUT2D eigenvalue weighted by Crippen LogP contribution is 2.16. The van der Waals surface area contributed by atoms with E-state index < -0.39 is 43.6 Å². The largest absolute Gasteiger partial charge is 0.491 e. The molecule has 18 heteroatoms. The lowest BCUT2D eigenvalue weighted by molar-refractivity contribution is 0.104. The van der Waals surface area contributed by atoms with Crippen LogP contribution in [0.15, 0.2) is 133 Å². The van der Waals surface area contributed by atoms with E-state index >= 15 is 0 Å². The molecular weight excluding hydrogens is 1090 g/mol. The molecule has 18 nitrogen and oxygen atoms in total. The predicted molar refractivity (Wildman–Crippen MR) is 348 cm³/mol. The van der Waals surface area contributed by atoms with Gasteiger partial charge in [-0.25, -0.2) is 0 Å². The second kappa shape index (κ2) is 51.6. The smallest absolute Gasteiger partial charge is 0.119 e. The van der Waals surface area contributed by atoms with Crippen molar-refractivity contribution in [3.05, 3.63) is 150 Å². The van der Waals surface area contributed by atoms with Crippen molar-refractivity contribution < 1.29 is 75.8 Å². The van der Waals surface area contributed by atoms with E-state index in [1.165, 1.54) is 0 Å². The molecule has 3 unspecified atom stereocenters. The van der Waals surface area contributed by atoms with Crippen molar-refractivity contribution in [2.75, 3.05) is 113 Å². The van der Waals surface area contributed by atoms with E-state index in [1.54, 1.807) is 82.0 Å². The molecule has 0 fully saturated rings. The first-order valence-corrected chi connectivity index (χ1v) is 29.5. The molecule has 0 amide bonds. The molecule has 0 aliphatic rings. The quantitative estimate of drug-likeness (QED) is 0.0186. The molecule has 5 rings (SSSR count). The normalized spacial score (nSPS) is 14.9. The highest BCUT2D eigenvalue weighted by Gasteiger charge is 2.10. The molecular formula is C68H111N5O13. The van der Waals surface area contributed by atoms with E-state index in [0.717, 1.165) is 23.1 Å². The van der Waals surface area contributed by atoms with Gasteiger partial charge in [-0.05, 0) is 103 Å². The van der Waals surface area contributed by atoms with Crippen molar-refractivity contribution in [1.82, 2.24) is 26.6 Å². The van der Waals surface area contributed by atoms with Gasteiger partial charge in [0.2, 0.25) is 0 Å². The topological polar surface area (TPSA) is 235 Å². The molecule has 5 aromatic rings. The second-order valence-electron chi connectivity index (χ2n) is 20.7. The second-order valence-corrected chi connectivity index (χ2v) is 20.7. The first-order valence-electron chi connectivity index (χ1n) is 34.0. The Hall–Kier alpha value is -5.42. The molecule has 0 saturated heterocycles. The minimum absolute atomic E-state index is 0.0449. The fraction of sp³-hybridized carbons (Fsp3) is 0.559. The van der Waals surface area contributed by atoms with Crippen LogP contribution in [0, 0.1) is 0 Å². The summed E-state index contributed by atoms with van der Waals surface area (Å²) in [6.45, 7) is 17.1. The average Bonchev–Trinajstić information content (AvgIpc) is 0.898. The van der Waals surface area contributed by atoms with Crippen molar-refractivity contribution in [3.63, 3.8) is 0 Å². The third kappa shape index (κ3) is 45.8. The van der Waals surface area contributed by atoms with E-state index in [0.29, 0.717) is 69.5 Å². The zero-order chi connectivity index (χ0) is 71.6. The third-order valence-corrected chi connectivity index (χ3v) is 11.1. The summed E-state index contributed by atoms with van der Waals surface area (Å²) in [6.07, 6.45) is -3.25. The summed E-state index contributed by atoms with van der Waals surface area (Å²) >= 11 is 0. The summed E-state index contributed by atoms with van der Waals surface area (Å²) in [7, 11) is 4.89. The van der Waals surface area contributed by atoms with Crippen LogP contribution in [0.3, 0.4) is 0 Å². The molecule has 0 radical (unpaired) electrons. The average molecular weight is 1220 g/mol. The maximum atomic E-state index is 9.79. The van der Waals surface area contributed by atoms with Gasteiger partial charge in [-0.3, -0.25) is 0 Å². The van der Waals surface area contributed by atoms with Crippen molar-refractivity contribution in [3.8, 4) is 28.7 Å². The van der Waals surface area contributed by atoms with Gasteiger partial charge in [0, 0.05) is 80.9 Å². The summed E-state index contributed by atoms with van der Waals surface area (Å²) in [5.74, 6) is 2.09. The summed E-state index contributed by atoms with van der Waals surface area (Å²) in [5, 5.41) is 63.5. The molecule has 486 valence electrons. The van der Waals surface area contributed by atoms with Crippen molar-refractivity contribution in [1.29, 1.82) is 0 Å². The van der Waals surface area contributed by atoms with Gasteiger partial charge in [0.15, 0.2) is 0 Å². The Morgan fingerprint density at radius 2 is 0.767 bits per heavy atom. The number of hydrogen-bond donors (Lipinski definition) is 10. The van der Waals surface area contributed by atoms with Crippen molar-refractivity contribution in [2.45, 2.75) is 136 Å². The molecule has 5 atom stereocenters. The van der Waals surface area contributed by atoms with Gasteiger partial charge in [-0.15, -0.1) is 0 Å². The SMILES string of the molecule is [2H]C(O)(CNC(C)C)COc1ccccc1.[2H]C([2H])(NC(C)C)C(O)COc1ccccc1.[2H]C([2H])(Oc1ccc(CCOC)cc1)[C@@H](O)CNCC.[2H]c1cc(CCOC)cc([2H])c1OCC(O)CNC(C)C.[2H]c1cc(CCOC)cc([2H])c1OC[C@@H](O)CNC(C)C. The van der Waals surface area contributed by atoms with E-state index in [9.17, 15) is 25.5 Å². The Balaban J connectivity index is 0.000000596. The molecule has 0 heterocycles. The van der Waals surface area contributed by atoms with Crippen LogP contribution in [0.25, 0.3) is 0 Å². The highest BCUT2D eigenvalue weighted by molar-refractivity contribution is 5.29. The zero-order valence-electron chi connectivity index (χ0n) is 62.1. The molecule has 0 saturated carbocycles. The van der Waals surface area contributed by atoms with Crippen LogP contribution in [-0.2, 0) is 33.5 Å². The Kier molecular flexibility index (Phi) is 38.2. The first-order chi connectivity index (χ1) is 44.8. The molecule has 0 bridgehead atoms. The molecule has 0 aromatic heterocycles. The van der Waals surface area contributed by atoms with E-state index in [1.807, 2.05) is 111 Å². The third-order valence-electron chi connectivity index (χ3n) is 11.1. The number of rotatable bonds is 39. The van der Waals surface area contributed by atoms with Gasteiger partial charge >= 0.3 is 0 Å². The molecule has 0 spiro atoms. The van der Waals surface area contributed by atoms with Crippen LogP contribution in [0.4, 0.5) is 0 Å². The lowest BCUT2D eigenvalue weighted by atomic mass is 10.1. The van der Waals surface area contributed by atoms with Crippen molar-refractivity contribution in [2.24, 2.45) is 0 Å². The van der Waals surface area contributed by atoms with Crippen LogP contribution >= 0.6 is 0 Å². The molecule has 0 aliphatic carbocycles. The van der Waals surface area contributed by atoms with E-state index in [2.05, 4.69) is 26.6 Å². The van der Waals surface area contributed by atoms with Gasteiger partial charge in [0.1, 0.15) is 92.2 Å².